The number of nitrogens with zero attached hydrogens (tertiary/aromatic N) is 1. The Labute approximate surface area is 160 Å². The van der Waals surface area contributed by atoms with Crippen molar-refractivity contribution in [3.05, 3.63) is 23.8 Å². The van der Waals surface area contributed by atoms with Crippen LogP contribution in [0.1, 0.15) is 51.6 Å². The Hall–Kier alpha value is -2.44. The van der Waals surface area contributed by atoms with E-state index < -0.39 is 11.7 Å². The minimum atomic E-state index is -0.549. The molecule has 2 amide bonds. The first-order valence-electron chi connectivity index (χ1n) is 9.49. The molecular formula is C20H28N2O5. The molecule has 1 N–H and O–H groups in total. The van der Waals surface area contributed by atoms with Crippen molar-refractivity contribution in [2.45, 2.75) is 51.7 Å². The number of amides is 2. The highest BCUT2D eigenvalue weighted by Gasteiger charge is 2.30. The Morgan fingerprint density at radius 3 is 2.70 bits per heavy atom. The summed E-state index contributed by atoms with van der Waals surface area (Å²) in [4.78, 5) is 26.3. The van der Waals surface area contributed by atoms with E-state index in [4.69, 9.17) is 14.2 Å². The molecule has 0 unspecified atom stereocenters. The number of carbonyl (C=O) groups is 2. The first-order chi connectivity index (χ1) is 12.8. The molecule has 1 atom stereocenters. The summed E-state index contributed by atoms with van der Waals surface area (Å²) in [6.45, 7) is 7.51. The molecule has 0 aromatic heterocycles. The Balaban J connectivity index is 1.56. The van der Waals surface area contributed by atoms with Gasteiger partial charge in [-0.2, -0.15) is 0 Å². The predicted octanol–water partition coefficient (Wildman–Crippen LogP) is 3.04. The lowest BCUT2D eigenvalue weighted by atomic mass is 10.0. The third-order valence-electron chi connectivity index (χ3n) is 4.53. The van der Waals surface area contributed by atoms with E-state index in [1.807, 2.05) is 23.1 Å². The number of hydrogen-bond acceptors (Lipinski definition) is 5. The van der Waals surface area contributed by atoms with Crippen LogP contribution < -0.4 is 14.8 Å². The van der Waals surface area contributed by atoms with Gasteiger partial charge in [-0.05, 0) is 51.3 Å². The van der Waals surface area contributed by atoms with E-state index in [0.717, 1.165) is 36.4 Å². The lowest BCUT2D eigenvalue weighted by Gasteiger charge is -2.27. The molecule has 2 aliphatic rings. The molecule has 0 aliphatic carbocycles. The Kier molecular flexibility index (Phi) is 5.77. The number of likely N-dealkylation sites (tertiary alicyclic amines) is 1. The molecule has 2 heterocycles. The fourth-order valence-corrected chi connectivity index (χ4v) is 3.41. The molecule has 7 heteroatoms. The summed E-state index contributed by atoms with van der Waals surface area (Å²) in [7, 11) is 0. The Morgan fingerprint density at radius 2 is 1.96 bits per heavy atom. The van der Waals surface area contributed by atoms with Gasteiger partial charge in [-0.25, -0.2) is 4.79 Å². The number of alkyl carbamates (subject to hydrolysis) is 1. The van der Waals surface area contributed by atoms with Gasteiger partial charge in [-0.15, -0.1) is 0 Å². The summed E-state index contributed by atoms with van der Waals surface area (Å²) in [5, 5.41) is 2.64. The number of rotatable bonds is 4. The standard InChI is InChI=1S/C20H28N2O5/c1-20(2,3)27-19(24)21-9-8-18(23)22-10-4-5-15(22)14-6-7-16-17(13-14)26-12-11-25-16/h6-7,13,15H,4-5,8-12H2,1-3H3,(H,21,24)/t15-/m0/s1. The van der Waals surface area contributed by atoms with E-state index in [1.54, 1.807) is 20.8 Å². The number of hydrogen-bond donors (Lipinski definition) is 1. The lowest BCUT2D eigenvalue weighted by molar-refractivity contribution is -0.132. The molecule has 0 bridgehead atoms. The maximum absolute atomic E-state index is 12.7. The van der Waals surface area contributed by atoms with Gasteiger partial charge < -0.3 is 24.4 Å². The van der Waals surface area contributed by atoms with Crippen LogP contribution in [-0.2, 0) is 9.53 Å². The van der Waals surface area contributed by atoms with Crippen LogP contribution in [0.5, 0.6) is 11.5 Å². The van der Waals surface area contributed by atoms with Crippen molar-refractivity contribution >= 4 is 12.0 Å². The highest BCUT2D eigenvalue weighted by Crippen LogP contribution is 2.38. The molecule has 1 saturated heterocycles. The second-order valence-corrected chi connectivity index (χ2v) is 7.83. The zero-order chi connectivity index (χ0) is 19.4. The predicted molar refractivity (Wildman–Crippen MR) is 100.0 cm³/mol. The second-order valence-electron chi connectivity index (χ2n) is 7.83. The number of nitrogens with one attached hydrogen (secondary N) is 1. The monoisotopic (exact) mass is 376 g/mol. The zero-order valence-electron chi connectivity index (χ0n) is 16.2. The number of benzene rings is 1. The van der Waals surface area contributed by atoms with E-state index in [9.17, 15) is 9.59 Å². The summed E-state index contributed by atoms with van der Waals surface area (Å²) in [6.07, 6.45) is 1.63. The fraction of sp³-hybridized carbons (Fsp3) is 0.600. The molecule has 1 aromatic rings. The van der Waals surface area contributed by atoms with Gasteiger partial charge in [0.2, 0.25) is 5.91 Å². The summed E-state index contributed by atoms with van der Waals surface area (Å²) < 4.78 is 16.4. The van der Waals surface area contributed by atoms with Crippen molar-refractivity contribution in [2.75, 3.05) is 26.3 Å². The van der Waals surface area contributed by atoms with Crippen molar-refractivity contribution in [3.8, 4) is 11.5 Å². The topological polar surface area (TPSA) is 77.1 Å². The summed E-state index contributed by atoms with van der Waals surface area (Å²) in [6, 6.07) is 5.93. The first kappa shape index (κ1) is 19.3. The van der Waals surface area contributed by atoms with Gasteiger partial charge in [0.1, 0.15) is 18.8 Å². The average molecular weight is 376 g/mol. The maximum atomic E-state index is 12.7. The fourth-order valence-electron chi connectivity index (χ4n) is 3.41. The van der Waals surface area contributed by atoms with Crippen LogP contribution in [0, 0.1) is 0 Å². The van der Waals surface area contributed by atoms with E-state index in [-0.39, 0.29) is 24.9 Å². The lowest BCUT2D eigenvalue weighted by Crippen LogP contribution is -2.36. The van der Waals surface area contributed by atoms with E-state index >= 15 is 0 Å². The minimum absolute atomic E-state index is 0.0310. The molecule has 3 rings (SSSR count). The third kappa shape index (κ3) is 5.05. The van der Waals surface area contributed by atoms with Crippen LogP contribution in [0.25, 0.3) is 0 Å². The van der Waals surface area contributed by atoms with Gasteiger partial charge in [0.05, 0.1) is 6.04 Å². The average Bonchev–Trinajstić information content (AvgIpc) is 3.09. The van der Waals surface area contributed by atoms with Crippen molar-refractivity contribution < 1.29 is 23.8 Å². The quantitative estimate of drug-likeness (QED) is 0.874. The van der Waals surface area contributed by atoms with Gasteiger partial charge in [0, 0.05) is 19.5 Å². The highest BCUT2D eigenvalue weighted by atomic mass is 16.6. The van der Waals surface area contributed by atoms with E-state index in [0.29, 0.717) is 13.2 Å². The van der Waals surface area contributed by atoms with Gasteiger partial charge in [0.15, 0.2) is 11.5 Å². The van der Waals surface area contributed by atoms with Crippen LogP contribution in [0.4, 0.5) is 4.79 Å². The normalized spacial score (nSPS) is 18.9. The van der Waals surface area contributed by atoms with Crippen LogP contribution >= 0.6 is 0 Å². The maximum Gasteiger partial charge on any atom is 0.407 e. The third-order valence-corrected chi connectivity index (χ3v) is 4.53. The largest absolute Gasteiger partial charge is 0.486 e. The van der Waals surface area contributed by atoms with Gasteiger partial charge >= 0.3 is 6.09 Å². The highest BCUT2D eigenvalue weighted by molar-refractivity contribution is 5.78. The molecule has 27 heavy (non-hydrogen) atoms. The van der Waals surface area contributed by atoms with Crippen LogP contribution in [0.15, 0.2) is 18.2 Å². The summed E-state index contributed by atoms with van der Waals surface area (Å²) >= 11 is 0. The number of carbonyl (C=O) groups excluding carboxylic acids is 2. The van der Waals surface area contributed by atoms with Crippen LogP contribution in [-0.4, -0.2) is 48.8 Å². The van der Waals surface area contributed by atoms with Gasteiger partial charge in [-0.1, -0.05) is 6.07 Å². The summed E-state index contributed by atoms with van der Waals surface area (Å²) in [5.41, 5.74) is 0.511. The van der Waals surface area contributed by atoms with Crippen molar-refractivity contribution in [1.82, 2.24) is 10.2 Å². The molecule has 0 saturated carbocycles. The Morgan fingerprint density at radius 1 is 1.22 bits per heavy atom. The number of fused-ring (bicyclic) bond motifs is 1. The first-order valence-corrected chi connectivity index (χ1v) is 9.49. The molecule has 2 aliphatic heterocycles. The van der Waals surface area contributed by atoms with Crippen LogP contribution in [0.2, 0.25) is 0 Å². The molecule has 0 spiro atoms. The molecule has 1 aromatic carbocycles. The SMILES string of the molecule is CC(C)(C)OC(=O)NCCC(=O)N1CCC[C@H]1c1ccc2c(c1)OCCO2. The van der Waals surface area contributed by atoms with Crippen molar-refractivity contribution in [1.29, 1.82) is 0 Å². The van der Waals surface area contributed by atoms with Gasteiger partial charge in [-0.3, -0.25) is 4.79 Å². The second kappa shape index (κ2) is 8.06. The molecular weight excluding hydrogens is 348 g/mol. The zero-order valence-corrected chi connectivity index (χ0v) is 16.2. The molecule has 7 nitrogen and oxygen atoms in total. The minimum Gasteiger partial charge on any atom is -0.486 e. The molecule has 148 valence electrons. The van der Waals surface area contributed by atoms with Crippen molar-refractivity contribution in [2.24, 2.45) is 0 Å². The van der Waals surface area contributed by atoms with Gasteiger partial charge in [0.25, 0.3) is 0 Å². The Bertz CT molecular complexity index is 698. The molecule has 1 fully saturated rings. The van der Waals surface area contributed by atoms with E-state index in [1.165, 1.54) is 0 Å². The van der Waals surface area contributed by atoms with Crippen LogP contribution in [0.3, 0.4) is 0 Å². The number of ether oxygens (including phenoxy) is 3. The molecule has 0 radical (unpaired) electrons. The smallest absolute Gasteiger partial charge is 0.407 e. The summed E-state index contributed by atoms with van der Waals surface area (Å²) in [5.74, 6) is 1.52. The van der Waals surface area contributed by atoms with Crippen molar-refractivity contribution in [3.63, 3.8) is 0 Å². The van der Waals surface area contributed by atoms with E-state index in [2.05, 4.69) is 5.32 Å².